The number of allylic oxidation sites excluding steroid dienone is 10. The topological polar surface area (TPSA) is 6.48 Å². The molecule has 85 heavy (non-hydrogen) atoms. The molecular formula is C82H57FN2. The van der Waals surface area contributed by atoms with Crippen LogP contribution in [0.1, 0.15) is 11.1 Å². The zero-order valence-corrected chi connectivity index (χ0v) is 47.0. The van der Waals surface area contributed by atoms with Crippen molar-refractivity contribution >= 4 is 65.8 Å². The number of hydrogen-bond donors (Lipinski definition) is 0. The molecule has 0 bridgehead atoms. The molecule has 0 N–H and O–H groups in total. The average molecular weight is 1090 g/mol. The summed E-state index contributed by atoms with van der Waals surface area (Å²) in [5, 5.41) is 9.63. The van der Waals surface area contributed by atoms with E-state index in [2.05, 4.69) is 302 Å². The molecule has 0 aromatic heterocycles. The number of benzene rings is 12. The minimum Gasteiger partial charge on any atom is -0.330 e. The Morgan fingerprint density at radius 1 is 0.388 bits per heavy atom. The van der Waals surface area contributed by atoms with Gasteiger partial charge in [0.2, 0.25) is 0 Å². The minimum atomic E-state index is -0.562. The third-order valence-corrected chi connectivity index (χ3v) is 17.9. The summed E-state index contributed by atoms with van der Waals surface area (Å²) in [5.41, 5.74) is 22.4. The quantitative estimate of drug-likeness (QED) is 0.127. The Morgan fingerprint density at radius 2 is 0.894 bits per heavy atom. The van der Waals surface area contributed by atoms with Crippen molar-refractivity contribution in [3.8, 4) is 44.5 Å². The molecule has 2 nitrogen and oxygen atoms in total. The molecule has 0 fully saturated rings. The normalized spacial score (nSPS) is 15.8. The van der Waals surface area contributed by atoms with E-state index in [0.717, 1.165) is 67.4 Å². The molecule has 0 saturated heterocycles. The molecule has 0 aliphatic heterocycles. The third kappa shape index (κ3) is 8.87. The van der Waals surface area contributed by atoms with Gasteiger partial charge in [-0.05, 0) is 201 Å². The zero-order valence-electron chi connectivity index (χ0n) is 47.0. The van der Waals surface area contributed by atoms with Crippen LogP contribution in [0.5, 0.6) is 0 Å². The molecule has 16 rings (SSSR count). The van der Waals surface area contributed by atoms with Gasteiger partial charge in [0.1, 0.15) is 6.67 Å². The van der Waals surface area contributed by atoms with Crippen LogP contribution >= 0.6 is 0 Å². The molecule has 2 unspecified atom stereocenters. The van der Waals surface area contributed by atoms with E-state index < -0.39 is 6.67 Å². The fourth-order valence-corrected chi connectivity index (χ4v) is 13.7. The number of hydrogen-bond acceptors (Lipinski definition) is 2. The third-order valence-electron chi connectivity index (χ3n) is 17.9. The average Bonchev–Trinajstić information content (AvgIpc) is 2.71. The lowest BCUT2D eigenvalue weighted by Crippen LogP contribution is -2.37. The van der Waals surface area contributed by atoms with Crippen LogP contribution in [0.15, 0.2) is 337 Å². The van der Waals surface area contributed by atoms with Gasteiger partial charge in [-0.1, -0.05) is 225 Å². The van der Waals surface area contributed by atoms with Crippen molar-refractivity contribution < 1.29 is 4.39 Å². The Balaban J connectivity index is 0.862. The van der Waals surface area contributed by atoms with Gasteiger partial charge in [0.05, 0.1) is 17.4 Å². The molecular weight excluding hydrogens is 1030 g/mol. The van der Waals surface area contributed by atoms with Gasteiger partial charge < -0.3 is 9.80 Å². The second-order valence-electron chi connectivity index (χ2n) is 23.0. The predicted molar refractivity (Wildman–Crippen MR) is 356 cm³/mol. The summed E-state index contributed by atoms with van der Waals surface area (Å²) in [6, 6.07) is 92.4. The molecule has 12 aromatic rings. The first-order valence-electron chi connectivity index (χ1n) is 29.5. The SMILES string of the molecule is Cc1cccc(N(C2=C3C=CC4=C5C(=CC=C(C=C2)C35)C(N(c2cccc(CF)c2)c2ccc(-c3ccc5ccccc5c3)cc2-c2ccc3ccccc3c2)C=C4)c2ccc(-c3ccc4ccccc4c3)cc2-c2ccc3ccccc3c2)c1. The standard InChI is InChI=1S/C82H57FN2/c1-53-12-10-22-71(44-53)84(79-42-36-67(65-28-24-55-14-2-6-18-61(55)46-65)50-75(79)69-30-26-57-16-4-8-20-63(57)48-69)77-40-34-59-33-39-74-78(41-35-60-32-38-73(77)81(59)82(60)74)85(72-23-11-13-54(45-72)52-83)80-43-37-68(66-29-25-56-15-3-7-19-62(56)47-66)51-76(80)70-31-27-58-17-5-9-21-64(58)49-70/h2-51,78,81H,52H2,1H3. The van der Waals surface area contributed by atoms with E-state index in [4.69, 9.17) is 0 Å². The summed E-state index contributed by atoms with van der Waals surface area (Å²) in [4.78, 5) is 4.97. The summed E-state index contributed by atoms with van der Waals surface area (Å²) in [6.45, 7) is 1.62. The Labute approximate surface area is 495 Å². The first-order chi connectivity index (χ1) is 42.0. The van der Waals surface area contributed by atoms with Crippen molar-refractivity contribution in [3.05, 3.63) is 348 Å². The first-order valence-corrected chi connectivity index (χ1v) is 29.5. The highest BCUT2D eigenvalue weighted by molar-refractivity contribution is 5.98. The number of halogens is 1. The molecule has 4 aliphatic carbocycles. The molecule has 0 radical (unpaired) electrons. The van der Waals surface area contributed by atoms with Crippen LogP contribution in [0.25, 0.3) is 87.6 Å². The highest BCUT2D eigenvalue weighted by Crippen LogP contribution is 2.54. The number of alkyl halides is 1. The van der Waals surface area contributed by atoms with Crippen molar-refractivity contribution in [2.24, 2.45) is 5.92 Å². The van der Waals surface area contributed by atoms with Crippen LogP contribution in [0.4, 0.5) is 27.1 Å². The molecule has 4 aliphatic rings. The minimum absolute atomic E-state index is 0.0602. The summed E-state index contributed by atoms with van der Waals surface area (Å²) < 4.78 is 15.0. The molecule has 0 spiro atoms. The van der Waals surface area contributed by atoms with E-state index in [1.807, 2.05) is 18.2 Å². The molecule has 2 atom stereocenters. The lowest BCUT2D eigenvalue weighted by Gasteiger charge is -2.44. The fraction of sp³-hybridized carbons (Fsp3) is 0.0488. The molecule has 12 aromatic carbocycles. The smallest absolute Gasteiger partial charge is 0.115 e. The van der Waals surface area contributed by atoms with E-state index in [1.165, 1.54) is 82.1 Å². The van der Waals surface area contributed by atoms with E-state index in [9.17, 15) is 0 Å². The first kappa shape index (κ1) is 50.1. The summed E-state index contributed by atoms with van der Waals surface area (Å²) in [7, 11) is 0. The maximum absolute atomic E-state index is 15.0. The molecule has 0 heterocycles. The van der Waals surface area contributed by atoms with Gasteiger partial charge in [0.15, 0.2) is 0 Å². The molecule has 0 amide bonds. The molecule has 402 valence electrons. The van der Waals surface area contributed by atoms with Crippen LogP contribution in [-0.4, -0.2) is 6.04 Å². The summed E-state index contributed by atoms with van der Waals surface area (Å²) in [5.74, 6) is -0.0602. The van der Waals surface area contributed by atoms with Gasteiger partial charge in [-0.2, -0.15) is 0 Å². The van der Waals surface area contributed by atoms with Crippen molar-refractivity contribution in [2.45, 2.75) is 19.6 Å². The van der Waals surface area contributed by atoms with Crippen molar-refractivity contribution in [1.82, 2.24) is 0 Å². The van der Waals surface area contributed by atoms with E-state index >= 15 is 4.39 Å². The van der Waals surface area contributed by atoms with Gasteiger partial charge >= 0.3 is 0 Å². The number of fused-ring (bicyclic) bond motifs is 4. The monoisotopic (exact) mass is 1090 g/mol. The van der Waals surface area contributed by atoms with E-state index in [1.54, 1.807) is 0 Å². The van der Waals surface area contributed by atoms with Crippen LogP contribution < -0.4 is 9.80 Å². The summed E-state index contributed by atoms with van der Waals surface area (Å²) >= 11 is 0. The van der Waals surface area contributed by atoms with Gasteiger partial charge in [-0.15, -0.1) is 0 Å². The van der Waals surface area contributed by atoms with Crippen LogP contribution in [0.3, 0.4) is 0 Å². The number of aryl methyl sites for hydroxylation is 1. The van der Waals surface area contributed by atoms with Crippen LogP contribution in [-0.2, 0) is 6.67 Å². The van der Waals surface area contributed by atoms with Gasteiger partial charge in [-0.25, -0.2) is 4.39 Å². The Bertz CT molecular complexity index is 4980. The largest absolute Gasteiger partial charge is 0.330 e. The van der Waals surface area contributed by atoms with Gasteiger partial charge in [0.25, 0.3) is 0 Å². The maximum Gasteiger partial charge on any atom is 0.115 e. The van der Waals surface area contributed by atoms with E-state index in [0.29, 0.717) is 5.56 Å². The fourth-order valence-electron chi connectivity index (χ4n) is 13.7. The van der Waals surface area contributed by atoms with Crippen LogP contribution in [0, 0.1) is 12.8 Å². The van der Waals surface area contributed by atoms with Crippen LogP contribution in [0.2, 0.25) is 0 Å². The second-order valence-corrected chi connectivity index (χ2v) is 23.0. The predicted octanol–water partition coefficient (Wildman–Crippen LogP) is 21.8. The number of rotatable bonds is 11. The Morgan fingerprint density at radius 3 is 1.48 bits per heavy atom. The number of nitrogens with zero attached hydrogens (tertiary/aromatic N) is 2. The second kappa shape index (κ2) is 20.7. The highest BCUT2D eigenvalue weighted by atomic mass is 19.1. The van der Waals surface area contributed by atoms with Crippen molar-refractivity contribution in [1.29, 1.82) is 0 Å². The highest BCUT2D eigenvalue weighted by Gasteiger charge is 2.41. The molecule has 3 heteroatoms. The maximum atomic E-state index is 15.0. The summed E-state index contributed by atoms with van der Waals surface area (Å²) in [6.07, 6.45) is 18.8. The van der Waals surface area contributed by atoms with Gasteiger partial charge in [0, 0.05) is 34.1 Å². The van der Waals surface area contributed by atoms with Gasteiger partial charge in [-0.3, -0.25) is 0 Å². The lowest BCUT2D eigenvalue weighted by atomic mass is 9.67. The molecule has 0 saturated carbocycles. The number of anilines is 4. The van der Waals surface area contributed by atoms with Crippen molar-refractivity contribution in [3.63, 3.8) is 0 Å². The Kier molecular flexibility index (Phi) is 12.2. The Hall–Kier alpha value is -10.6. The van der Waals surface area contributed by atoms with E-state index in [-0.39, 0.29) is 12.0 Å². The lowest BCUT2D eigenvalue weighted by molar-refractivity contribution is 0.485. The zero-order chi connectivity index (χ0) is 56.5. The van der Waals surface area contributed by atoms with Crippen molar-refractivity contribution in [2.75, 3.05) is 9.80 Å².